The van der Waals surface area contributed by atoms with E-state index in [1.165, 1.54) is 12.1 Å². The zero-order chi connectivity index (χ0) is 24.1. The highest BCUT2D eigenvalue weighted by atomic mass is 32.1. The molecule has 3 aromatic carbocycles. The van der Waals surface area contributed by atoms with Gasteiger partial charge in [-0.05, 0) is 83.2 Å². The molecule has 0 fully saturated rings. The number of allylic oxidation sites excluding steroid dienone is 1. The van der Waals surface area contributed by atoms with Gasteiger partial charge in [-0.2, -0.15) is 4.99 Å². The molecule has 0 aliphatic heterocycles. The van der Waals surface area contributed by atoms with Crippen LogP contribution in [0.3, 0.4) is 0 Å². The minimum Gasteiger partial charge on any atom is -0.206 e. The second kappa shape index (κ2) is 10.7. The van der Waals surface area contributed by atoms with Gasteiger partial charge in [-0.3, -0.25) is 0 Å². The van der Waals surface area contributed by atoms with Crippen LogP contribution in [0.1, 0.15) is 48.4 Å². The van der Waals surface area contributed by atoms with E-state index in [1.807, 2.05) is 29.4 Å². The van der Waals surface area contributed by atoms with Gasteiger partial charge < -0.3 is 0 Å². The fraction of sp³-hybridized carbons (Fsp3) is 0.207. The number of fused-ring (bicyclic) bond motifs is 1. The third-order valence-corrected chi connectivity index (χ3v) is 5.91. The Morgan fingerprint density at radius 3 is 2.38 bits per heavy atom. The minimum atomic E-state index is -0.795. The van der Waals surface area contributed by atoms with Crippen LogP contribution in [0.15, 0.2) is 59.1 Å². The number of nitrogens with zero attached hydrogens (tertiary/aromatic N) is 1. The van der Waals surface area contributed by atoms with Gasteiger partial charge in [-0.1, -0.05) is 55.9 Å². The minimum absolute atomic E-state index is 0.301. The monoisotopic (exact) mass is 473 g/mol. The van der Waals surface area contributed by atoms with Gasteiger partial charge in [0.2, 0.25) is 0 Å². The molecule has 3 aromatic rings. The van der Waals surface area contributed by atoms with Crippen LogP contribution in [0.2, 0.25) is 0 Å². The fourth-order valence-electron chi connectivity index (χ4n) is 4.03. The molecule has 0 aromatic heterocycles. The number of aliphatic imine (C=N–C) groups is 1. The van der Waals surface area contributed by atoms with E-state index in [2.05, 4.69) is 36.0 Å². The SMILES string of the molecule is CCCCCc1ccc(C#CC2=Cc3ccc(-c4cc(F)c(N=C=S)c(F)c4)cc3C2)c(F)c1. The van der Waals surface area contributed by atoms with Crippen molar-refractivity contribution in [3.05, 3.63) is 93.8 Å². The van der Waals surface area contributed by atoms with Gasteiger partial charge >= 0.3 is 0 Å². The molecule has 5 heteroatoms. The topological polar surface area (TPSA) is 12.4 Å². The van der Waals surface area contributed by atoms with E-state index in [-0.39, 0.29) is 5.82 Å². The molecule has 1 aliphatic rings. The first-order valence-electron chi connectivity index (χ1n) is 11.2. The molecule has 0 N–H and O–H groups in total. The third-order valence-electron chi connectivity index (χ3n) is 5.82. The van der Waals surface area contributed by atoms with Crippen LogP contribution >= 0.6 is 12.2 Å². The summed E-state index contributed by atoms with van der Waals surface area (Å²) in [6.45, 7) is 2.14. The van der Waals surface area contributed by atoms with E-state index in [4.69, 9.17) is 0 Å². The number of aryl methyl sites for hydroxylation is 1. The molecule has 0 heterocycles. The summed E-state index contributed by atoms with van der Waals surface area (Å²) >= 11 is 4.44. The molecule has 0 saturated heterocycles. The second-order valence-electron chi connectivity index (χ2n) is 8.27. The molecule has 0 atom stereocenters. The lowest BCUT2D eigenvalue weighted by molar-refractivity contribution is 0.588. The maximum Gasteiger partial charge on any atom is 0.153 e. The van der Waals surface area contributed by atoms with Crippen molar-refractivity contribution in [3.8, 4) is 23.0 Å². The molecular weight excluding hydrogens is 451 g/mol. The van der Waals surface area contributed by atoms with E-state index < -0.39 is 17.3 Å². The number of hydrogen-bond acceptors (Lipinski definition) is 2. The van der Waals surface area contributed by atoms with Gasteiger partial charge in [-0.15, -0.1) is 0 Å². The van der Waals surface area contributed by atoms with Crippen molar-refractivity contribution in [2.75, 3.05) is 0 Å². The fourth-order valence-corrected chi connectivity index (χ4v) is 4.12. The van der Waals surface area contributed by atoms with Crippen LogP contribution in [0.25, 0.3) is 17.2 Å². The van der Waals surface area contributed by atoms with E-state index in [0.29, 0.717) is 23.1 Å². The average Bonchev–Trinajstić information content (AvgIpc) is 3.23. The van der Waals surface area contributed by atoms with E-state index in [1.54, 1.807) is 18.2 Å². The maximum atomic E-state index is 14.5. The Morgan fingerprint density at radius 2 is 1.68 bits per heavy atom. The van der Waals surface area contributed by atoms with Gasteiger partial charge in [0.1, 0.15) is 11.5 Å². The smallest absolute Gasteiger partial charge is 0.153 e. The Kier molecular flexibility index (Phi) is 7.43. The molecule has 0 spiro atoms. The number of halogens is 3. The number of rotatable bonds is 6. The highest BCUT2D eigenvalue weighted by Crippen LogP contribution is 2.33. The van der Waals surface area contributed by atoms with Crippen molar-refractivity contribution in [3.63, 3.8) is 0 Å². The van der Waals surface area contributed by atoms with Crippen LogP contribution in [0, 0.1) is 29.3 Å². The molecule has 0 amide bonds. The van der Waals surface area contributed by atoms with Crippen LogP contribution in [0.5, 0.6) is 0 Å². The highest BCUT2D eigenvalue weighted by Gasteiger charge is 2.15. The summed E-state index contributed by atoms with van der Waals surface area (Å²) in [5.74, 6) is 4.13. The Bertz CT molecular complexity index is 1370. The number of hydrogen-bond donors (Lipinski definition) is 0. The van der Waals surface area contributed by atoms with E-state index in [0.717, 1.165) is 47.9 Å². The van der Waals surface area contributed by atoms with Gasteiger partial charge in [0.15, 0.2) is 11.6 Å². The van der Waals surface area contributed by atoms with Gasteiger partial charge in [0.25, 0.3) is 0 Å². The largest absolute Gasteiger partial charge is 0.206 e. The Labute approximate surface area is 203 Å². The number of unbranched alkanes of at least 4 members (excludes halogenated alkanes) is 2. The zero-order valence-corrected chi connectivity index (χ0v) is 19.5. The van der Waals surface area contributed by atoms with Gasteiger partial charge in [-0.25, -0.2) is 13.2 Å². The molecule has 0 radical (unpaired) electrons. The number of thiocarbonyl (C=S) groups is 1. The standard InChI is InChI=1S/C29H22F3NS/c1-2-3-4-5-19-6-8-21(26(30)14-19)9-7-20-12-22-10-11-23(15-24(22)13-20)25-16-27(31)29(33-18-34)28(32)17-25/h6,8,10-12,14-17H,2-5,13H2,1H3. The quantitative estimate of drug-likeness (QED) is 0.152. The third kappa shape index (κ3) is 5.37. The lowest BCUT2D eigenvalue weighted by Gasteiger charge is -2.07. The van der Waals surface area contributed by atoms with Gasteiger partial charge in [0.05, 0.1) is 10.7 Å². The Hall–Kier alpha value is -3.45. The summed E-state index contributed by atoms with van der Waals surface area (Å²) in [7, 11) is 0. The van der Waals surface area contributed by atoms with Crippen molar-refractivity contribution >= 4 is 29.1 Å². The van der Waals surface area contributed by atoms with Crippen LogP contribution < -0.4 is 0 Å². The summed E-state index contributed by atoms with van der Waals surface area (Å²) < 4.78 is 43.0. The first-order chi connectivity index (χ1) is 16.5. The maximum absolute atomic E-state index is 14.5. The van der Waals surface area contributed by atoms with Crippen LogP contribution in [-0.4, -0.2) is 5.16 Å². The van der Waals surface area contributed by atoms with Crippen LogP contribution in [0.4, 0.5) is 18.9 Å². The molecule has 170 valence electrons. The molecule has 4 rings (SSSR count). The predicted octanol–water partition coefficient (Wildman–Crippen LogP) is 8.23. The normalized spacial score (nSPS) is 11.8. The highest BCUT2D eigenvalue weighted by molar-refractivity contribution is 7.78. The lowest BCUT2D eigenvalue weighted by atomic mass is 9.99. The first-order valence-corrected chi connectivity index (χ1v) is 11.6. The summed E-state index contributed by atoms with van der Waals surface area (Å²) in [5.41, 5.74) is 4.86. The Balaban J connectivity index is 1.50. The summed E-state index contributed by atoms with van der Waals surface area (Å²) in [5, 5.41) is 1.99. The van der Waals surface area contributed by atoms with Crippen molar-refractivity contribution in [1.82, 2.24) is 0 Å². The Morgan fingerprint density at radius 1 is 0.882 bits per heavy atom. The second-order valence-corrected chi connectivity index (χ2v) is 8.46. The number of isothiocyanates is 1. The molecule has 0 unspecified atom stereocenters. The van der Waals surface area contributed by atoms with Crippen molar-refractivity contribution < 1.29 is 13.2 Å². The average molecular weight is 474 g/mol. The summed E-state index contributed by atoms with van der Waals surface area (Å²) in [6, 6.07) is 13.3. The van der Waals surface area contributed by atoms with E-state index >= 15 is 0 Å². The van der Waals surface area contributed by atoms with Crippen molar-refractivity contribution in [2.24, 2.45) is 4.99 Å². The van der Waals surface area contributed by atoms with Crippen molar-refractivity contribution in [2.45, 2.75) is 39.0 Å². The first kappa shape index (κ1) is 23.7. The summed E-state index contributed by atoms with van der Waals surface area (Å²) in [6.07, 6.45) is 6.73. The van der Waals surface area contributed by atoms with E-state index in [9.17, 15) is 13.2 Å². The van der Waals surface area contributed by atoms with Gasteiger partial charge in [0, 0.05) is 12.0 Å². The summed E-state index contributed by atoms with van der Waals surface area (Å²) in [4.78, 5) is 3.45. The number of benzene rings is 3. The molecule has 34 heavy (non-hydrogen) atoms. The zero-order valence-electron chi connectivity index (χ0n) is 18.7. The van der Waals surface area contributed by atoms with Crippen molar-refractivity contribution in [1.29, 1.82) is 0 Å². The molecule has 1 nitrogen and oxygen atoms in total. The molecule has 1 aliphatic carbocycles. The molecule has 0 saturated carbocycles. The van der Waals surface area contributed by atoms with Crippen LogP contribution in [-0.2, 0) is 12.8 Å². The lowest BCUT2D eigenvalue weighted by Crippen LogP contribution is -1.91. The predicted molar refractivity (Wildman–Crippen MR) is 135 cm³/mol. The molecular formula is C29H22F3NS. The molecule has 0 bridgehead atoms.